The van der Waals surface area contributed by atoms with Gasteiger partial charge in [0, 0.05) is 20.2 Å². The highest BCUT2D eigenvalue weighted by atomic mass is 32.2. The average molecular weight is 313 g/mol. The zero-order chi connectivity index (χ0) is 15.9. The predicted molar refractivity (Wildman–Crippen MR) is 85.9 cm³/mol. The van der Waals surface area contributed by atoms with Crippen molar-refractivity contribution in [3.63, 3.8) is 0 Å². The van der Waals surface area contributed by atoms with Crippen LogP contribution in [0, 0.1) is 12.8 Å². The summed E-state index contributed by atoms with van der Waals surface area (Å²) >= 11 is 0. The van der Waals surface area contributed by atoms with Crippen molar-refractivity contribution in [1.82, 2.24) is 4.31 Å². The Balaban J connectivity index is 0.00000106. The van der Waals surface area contributed by atoms with Gasteiger partial charge in [-0.25, -0.2) is 8.42 Å². The third kappa shape index (κ3) is 4.53. The first-order valence-corrected chi connectivity index (χ1v) is 9.04. The number of sulfonamides is 1. The van der Waals surface area contributed by atoms with E-state index in [1.165, 1.54) is 0 Å². The molecule has 1 aromatic carbocycles. The molecule has 1 saturated heterocycles. The van der Waals surface area contributed by atoms with E-state index in [0.29, 0.717) is 30.5 Å². The lowest BCUT2D eigenvalue weighted by molar-refractivity contribution is 0.118. The van der Waals surface area contributed by atoms with Crippen LogP contribution in [0.3, 0.4) is 0 Å². The molecule has 0 aromatic heterocycles. The SMILES string of the molecule is CC.COCC1CCCN(S(=O)(=O)c2ccccc2C)C1. The van der Waals surface area contributed by atoms with Crippen molar-refractivity contribution in [3.8, 4) is 0 Å². The van der Waals surface area contributed by atoms with Crippen LogP contribution in [0.15, 0.2) is 29.2 Å². The Morgan fingerprint density at radius 2 is 1.95 bits per heavy atom. The van der Waals surface area contributed by atoms with Crippen LogP contribution < -0.4 is 0 Å². The zero-order valence-corrected chi connectivity index (χ0v) is 14.3. The first-order valence-electron chi connectivity index (χ1n) is 7.60. The molecule has 1 aliphatic rings. The monoisotopic (exact) mass is 313 g/mol. The topological polar surface area (TPSA) is 46.6 Å². The fourth-order valence-corrected chi connectivity index (χ4v) is 4.38. The third-order valence-corrected chi connectivity index (χ3v) is 5.62. The smallest absolute Gasteiger partial charge is 0.243 e. The summed E-state index contributed by atoms with van der Waals surface area (Å²) in [4.78, 5) is 0.424. The largest absolute Gasteiger partial charge is 0.384 e. The van der Waals surface area contributed by atoms with Crippen molar-refractivity contribution >= 4 is 10.0 Å². The van der Waals surface area contributed by atoms with E-state index in [9.17, 15) is 8.42 Å². The Bertz CT molecular complexity index is 526. The molecule has 1 aromatic rings. The first-order chi connectivity index (χ1) is 10.1. The van der Waals surface area contributed by atoms with E-state index in [0.717, 1.165) is 18.4 Å². The van der Waals surface area contributed by atoms with Crippen molar-refractivity contribution in [3.05, 3.63) is 29.8 Å². The molecule has 5 heteroatoms. The Hall–Kier alpha value is -0.910. The highest BCUT2D eigenvalue weighted by Crippen LogP contribution is 2.25. The fraction of sp³-hybridized carbons (Fsp3) is 0.625. The normalized spacial score (nSPS) is 19.7. The van der Waals surface area contributed by atoms with Crippen LogP contribution in [-0.4, -0.2) is 39.5 Å². The molecule has 0 radical (unpaired) electrons. The molecule has 21 heavy (non-hydrogen) atoms. The predicted octanol–water partition coefficient (Wildman–Crippen LogP) is 3.07. The molecule has 0 saturated carbocycles. The molecule has 0 bridgehead atoms. The Morgan fingerprint density at radius 1 is 1.29 bits per heavy atom. The maximum Gasteiger partial charge on any atom is 0.243 e. The molecule has 0 spiro atoms. The second-order valence-corrected chi connectivity index (χ2v) is 7.00. The van der Waals surface area contributed by atoms with Crippen molar-refractivity contribution in [1.29, 1.82) is 0 Å². The number of ether oxygens (including phenoxy) is 1. The van der Waals surface area contributed by atoms with E-state index in [1.807, 2.05) is 32.9 Å². The van der Waals surface area contributed by atoms with E-state index in [2.05, 4.69) is 0 Å². The van der Waals surface area contributed by atoms with Gasteiger partial charge in [0.05, 0.1) is 11.5 Å². The number of benzene rings is 1. The third-order valence-electron chi connectivity index (χ3n) is 3.60. The zero-order valence-electron chi connectivity index (χ0n) is 13.5. The van der Waals surface area contributed by atoms with Crippen LogP contribution in [0.5, 0.6) is 0 Å². The molecule has 1 atom stereocenters. The van der Waals surface area contributed by atoms with Crippen LogP contribution >= 0.6 is 0 Å². The highest BCUT2D eigenvalue weighted by Gasteiger charge is 2.30. The average Bonchev–Trinajstić information content (AvgIpc) is 2.50. The molecule has 0 aliphatic carbocycles. The van der Waals surface area contributed by atoms with E-state index < -0.39 is 10.0 Å². The number of hydrogen-bond donors (Lipinski definition) is 0. The molecule has 1 fully saturated rings. The van der Waals surface area contributed by atoms with Gasteiger partial charge < -0.3 is 4.74 Å². The van der Waals surface area contributed by atoms with E-state index in [-0.39, 0.29) is 0 Å². The van der Waals surface area contributed by atoms with Crippen molar-refractivity contribution < 1.29 is 13.2 Å². The lowest BCUT2D eigenvalue weighted by atomic mass is 10.0. The minimum Gasteiger partial charge on any atom is -0.384 e. The quantitative estimate of drug-likeness (QED) is 0.858. The molecule has 1 aliphatic heterocycles. The van der Waals surface area contributed by atoms with Gasteiger partial charge in [-0.2, -0.15) is 4.31 Å². The summed E-state index contributed by atoms with van der Waals surface area (Å²) in [6, 6.07) is 7.16. The summed E-state index contributed by atoms with van der Waals surface area (Å²) in [5, 5.41) is 0. The van der Waals surface area contributed by atoms with Crippen LogP contribution in [-0.2, 0) is 14.8 Å². The summed E-state index contributed by atoms with van der Waals surface area (Å²) in [6.07, 6.45) is 1.94. The maximum absolute atomic E-state index is 12.6. The Kier molecular flexibility index (Phi) is 7.35. The summed E-state index contributed by atoms with van der Waals surface area (Å²) in [7, 11) is -1.70. The minimum atomic E-state index is -3.37. The van der Waals surface area contributed by atoms with Crippen molar-refractivity contribution in [2.24, 2.45) is 5.92 Å². The summed E-state index contributed by atoms with van der Waals surface area (Å²) in [5.41, 5.74) is 0.802. The lowest BCUT2D eigenvalue weighted by Crippen LogP contribution is -2.41. The number of aryl methyl sites for hydroxylation is 1. The second-order valence-electron chi connectivity index (χ2n) is 5.09. The molecule has 1 heterocycles. The molecular weight excluding hydrogens is 286 g/mol. The van der Waals surface area contributed by atoms with Gasteiger partial charge >= 0.3 is 0 Å². The number of hydrogen-bond acceptors (Lipinski definition) is 3. The van der Waals surface area contributed by atoms with Crippen LogP contribution in [0.2, 0.25) is 0 Å². The highest BCUT2D eigenvalue weighted by molar-refractivity contribution is 7.89. The van der Waals surface area contributed by atoms with Gasteiger partial charge in [-0.3, -0.25) is 0 Å². The molecular formula is C16H27NO3S. The molecule has 2 rings (SSSR count). The Morgan fingerprint density at radius 3 is 2.57 bits per heavy atom. The van der Waals surface area contributed by atoms with Gasteiger partial charge in [-0.05, 0) is 37.3 Å². The van der Waals surface area contributed by atoms with Gasteiger partial charge in [0.25, 0.3) is 0 Å². The van der Waals surface area contributed by atoms with Gasteiger partial charge in [0.15, 0.2) is 0 Å². The summed E-state index contributed by atoms with van der Waals surface area (Å²) < 4.78 is 32.0. The van der Waals surface area contributed by atoms with Crippen LogP contribution in [0.1, 0.15) is 32.3 Å². The van der Waals surface area contributed by atoms with E-state index in [1.54, 1.807) is 23.5 Å². The number of methoxy groups -OCH3 is 1. The van der Waals surface area contributed by atoms with Crippen LogP contribution in [0.4, 0.5) is 0 Å². The Labute approximate surface area is 129 Å². The first kappa shape index (κ1) is 18.1. The molecule has 120 valence electrons. The molecule has 1 unspecified atom stereocenters. The second kappa shape index (κ2) is 8.51. The summed E-state index contributed by atoms with van der Waals surface area (Å²) in [5.74, 6) is 0.303. The van der Waals surface area contributed by atoms with E-state index in [4.69, 9.17) is 4.74 Å². The number of piperidine rings is 1. The van der Waals surface area contributed by atoms with Crippen molar-refractivity contribution in [2.75, 3.05) is 26.8 Å². The molecule has 4 nitrogen and oxygen atoms in total. The molecule has 0 N–H and O–H groups in total. The number of rotatable bonds is 4. The van der Waals surface area contributed by atoms with Gasteiger partial charge in [0.1, 0.15) is 0 Å². The van der Waals surface area contributed by atoms with E-state index >= 15 is 0 Å². The van der Waals surface area contributed by atoms with Crippen LogP contribution in [0.25, 0.3) is 0 Å². The standard InChI is InChI=1S/C14H21NO3S.C2H6/c1-12-6-3-4-8-14(12)19(16,17)15-9-5-7-13(10-15)11-18-2;1-2/h3-4,6,8,13H,5,7,9-11H2,1-2H3;1-2H3. The van der Waals surface area contributed by atoms with Gasteiger partial charge in [-0.15, -0.1) is 0 Å². The van der Waals surface area contributed by atoms with Gasteiger partial charge in [-0.1, -0.05) is 32.0 Å². The minimum absolute atomic E-state index is 0.303. The van der Waals surface area contributed by atoms with Gasteiger partial charge in [0.2, 0.25) is 10.0 Å². The molecule has 0 amide bonds. The summed E-state index contributed by atoms with van der Waals surface area (Å²) in [6.45, 7) is 7.63. The van der Waals surface area contributed by atoms with Crippen molar-refractivity contribution in [2.45, 2.75) is 38.5 Å². The lowest BCUT2D eigenvalue weighted by Gasteiger charge is -2.31. The fourth-order valence-electron chi connectivity index (χ4n) is 2.60. The number of nitrogens with zero attached hydrogens (tertiary/aromatic N) is 1. The maximum atomic E-state index is 12.6.